The third-order valence-corrected chi connectivity index (χ3v) is 5.50. The van der Waals surface area contributed by atoms with Crippen molar-refractivity contribution in [3.8, 4) is 0 Å². The molecule has 0 unspecified atom stereocenters. The van der Waals surface area contributed by atoms with E-state index in [-0.39, 0.29) is 17.6 Å². The number of carbonyl (C=O) groups excluding carboxylic acids is 1. The summed E-state index contributed by atoms with van der Waals surface area (Å²) in [6, 6.07) is 4.01. The molecule has 0 aliphatic carbocycles. The molecule has 6 nitrogen and oxygen atoms in total. The van der Waals surface area contributed by atoms with E-state index in [1.165, 1.54) is 5.56 Å². The molecule has 4 rings (SSSR count). The largest absolute Gasteiger partial charge is 0.369 e. The first-order chi connectivity index (χ1) is 11.7. The Labute approximate surface area is 143 Å². The first-order valence-corrected chi connectivity index (χ1v) is 8.89. The normalized spacial score (nSPS) is 27.4. The van der Waals surface area contributed by atoms with Crippen molar-refractivity contribution in [1.29, 1.82) is 0 Å². The van der Waals surface area contributed by atoms with Gasteiger partial charge in [0.2, 0.25) is 5.91 Å². The van der Waals surface area contributed by atoms with E-state index in [2.05, 4.69) is 34.0 Å². The molecule has 3 aliphatic rings. The Morgan fingerprint density at radius 3 is 2.62 bits per heavy atom. The van der Waals surface area contributed by atoms with Gasteiger partial charge in [0.15, 0.2) is 0 Å². The Morgan fingerprint density at radius 1 is 1.25 bits per heavy atom. The van der Waals surface area contributed by atoms with Crippen LogP contribution in [-0.2, 0) is 16.1 Å². The second kappa shape index (κ2) is 6.43. The summed E-state index contributed by atoms with van der Waals surface area (Å²) < 4.78 is 6.19. The van der Waals surface area contributed by atoms with Crippen LogP contribution in [0.25, 0.3) is 0 Å². The molecule has 4 heterocycles. The Hall–Kier alpha value is -1.50. The van der Waals surface area contributed by atoms with Crippen LogP contribution in [0.1, 0.15) is 18.4 Å². The van der Waals surface area contributed by atoms with E-state index in [0.717, 1.165) is 52.1 Å². The van der Waals surface area contributed by atoms with Gasteiger partial charge in [0.05, 0.1) is 6.61 Å². The average Bonchev–Trinajstić information content (AvgIpc) is 3.08. The van der Waals surface area contributed by atoms with Crippen LogP contribution < -0.4 is 0 Å². The lowest BCUT2D eigenvalue weighted by molar-refractivity contribution is -0.201. The zero-order chi connectivity index (χ0) is 16.6. The van der Waals surface area contributed by atoms with E-state index in [4.69, 9.17) is 4.74 Å². The number of hydrogen-bond acceptors (Lipinski definition) is 5. The Balaban J connectivity index is 1.30. The third kappa shape index (κ3) is 3.06. The Bertz CT molecular complexity index is 582. The fraction of sp³-hybridized carbons (Fsp3) is 0.667. The van der Waals surface area contributed by atoms with E-state index in [1.807, 2.05) is 17.3 Å². The zero-order valence-electron chi connectivity index (χ0n) is 14.4. The highest BCUT2D eigenvalue weighted by Gasteiger charge is 2.50. The van der Waals surface area contributed by atoms with E-state index >= 15 is 0 Å². The molecule has 1 aromatic rings. The van der Waals surface area contributed by atoms with Gasteiger partial charge in [-0.2, -0.15) is 0 Å². The molecule has 0 radical (unpaired) electrons. The van der Waals surface area contributed by atoms with Crippen LogP contribution >= 0.6 is 0 Å². The Kier molecular flexibility index (Phi) is 4.28. The minimum Gasteiger partial charge on any atom is -0.369 e. The van der Waals surface area contributed by atoms with Crippen LogP contribution in [0, 0.1) is 0 Å². The lowest BCUT2D eigenvalue weighted by atomic mass is 9.90. The second-order valence-corrected chi connectivity index (χ2v) is 7.46. The summed E-state index contributed by atoms with van der Waals surface area (Å²) in [6.07, 6.45) is 5.95. The molecule has 0 bridgehead atoms. The lowest BCUT2D eigenvalue weighted by Crippen LogP contribution is -2.72. The first-order valence-electron chi connectivity index (χ1n) is 8.89. The van der Waals surface area contributed by atoms with E-state index in [9.17, 15) is 4.79 Å². The van der Waals surface area contributed by atoms with E-state index in [1.54, 1.807) is 0 Å². The maximum atomic E-state index is 12.6. The molecule has 0 saturated carbocycles. The molecule has 24 heavy (non-hydrogen) atoms. The van der Waals surface area contributed by atoms with Crippen molar-refractivity contribution in [1.82, 2.24) is 19.7 Å². The van der Waals surface area contributed by atoms with Crippen molar-refractivity contribution in [3.05, 3.63) is 30.1 Å². The van der Waals surface area contributed by atoms with Gasteiger partial charge in [-0.3, -0.25) is 19.6 Å². The summed E-state index contributed by atoms with van der Waals surface area (Å²) in [6.45, 7) is 5.99. The van der Waals surface area contributed by atoms with Crippen LogP contribution in [0.2, 0.25) is 0 Å². The number of likely N-dealkylation sites (tertiary alicyclic amines) is 2. The number of likely N-dealkylation sites (N-methyl/N-ethyl adjacent to an activating group) is 1. The Morgan fingerprint density at radius 2 is 1.96 bits per heavy atom. The molecular weight excluding hydrogens is 304 g/mol. The number of pyridine rings is 1. The van der Waals surface area contributed by atoms with Gasteiger partial charge < -0.3 is 9.64 Å². The number of hydrogen-bond donors (Lipinski definition) is 0. The molecule has 3 saturated heterocycles. The highest BCUT2D eigenvalue weighted by molar-refractivity contribution is 5.82. The number of carbonyl (C=O) groups is 1. The van der Waals surface area contributed by atoms with Gasteiger partial charge in [0.25, 0.3) is 0 Å². The van der Waals surface area contributed by atoms with Crippen molar-refractivity contribution < 1.29 is 9.53 Å². The third-order valence-electron chi connectivity index (χ3n) is 5.50. The molecule has 1 amide bonds. The number of morpholine rings is 1. The number of nitrogens with zero attached hydrogens (tertiary/aromatic N) is 4. The minimum absolute atomic E-state index is 0.0937. The fourth-order valence-corrected chi connectivity index (χ4v) is 4.22. The predicted octanol–water partition coefficient (Wildman–Crippen LogP) is 0.589. The summed E-state index contributed by atoms with van der Waals surface area (Å²) >= 11 is 0. The fourth-order valence-electron chi connectivity index (χ4n) is 4.22. The zero-order valence-corrected chi connectivity index (χ0v) is 14.4. The van der Waals surface area contributed by atoms with Gasteiger partial charge in [0.1, 0.15) is 11.6 Å². The van der Waals surface area contributed by atoms with Crippen molar-refractivity contribution in [3.63, 3.8) is 0 Å². The summed E-state index contributed by atoms with van der Waals surface area (Å²) in [7, 11) is 2.06. The number of ether oxygens (including phenoxy) is 1. The van der Waals surface area contributed by atoms with Crippen molar-refractivity contribution in [2.24, 2.45) is 0 Å². The van der Waals surface area contributed by atoms with E-state index < -0.39 is 0 Å². The SMILES string of the molecule is CN1CC2(CN(Cc3ccncc3)C2)OC[C@@H]1C(=O)N1CCCC1. The number of aromatic nitrogens is 1. The molecule has 0 N–H and O–H groups in total. The molecule has 3 aliphatic heterocycles. The van der Waals surface area contributed by atoms with Crippen molar-refractivity contribution in [2.45, 2.75) is 31.0 Å². The van der Waals surface area contributed by atoms with Gasteiger partial charge in [-0.1, -0.05) is 0 Å². The highest BCUT2D eigenvalue weighted by atomic mass is 16.5. The van der Waals surface area contributed by atoms with E-state index in [0.29, 0.717) is 6.61 Å². The van der Waals surface area contributed by atoms with Crippen LogP contribution in [0.15, 0.2) is 24.5 Å². The topological polar surface area (TPSA) is 48.9 Å². The van der Waals surface area contributed by atoms with Crippen molar-refractivity contribution >= 4 is 5.91 Å². The molecule has 1 aromatic heterocycles. The molecule has 1 spiro atoms. The van der Waals surface area contributed by atoms with Gasteiger partial charge in [-0.25, -0.2) is 0 Å². The van der Waals surface area contributed by atoms with Gasteiger partial charge in [0, 0.05) is 51.7 Å². The average molecular weight is 330 g/mol. The molecule has 130 valence electrons. The minimum atomic E-state index is -0.108. The predicted molar refractivity (Wildman–Crippen MR) is 90.4 cm³/mol. The highest BCUT2D eigenvalue weighted by Crippen LogP contribution is 2.32. The summed E-state index contributed by atoms with van der Waals surface area (Å²) in [5, 5.41) is 0. The lowest BCUT2D eigenvalue weighted by Gasteiger charge is -2.55. The standard InChI is InChI=1S/C18H26N4O2/c1-20-12-18(13-21(14-18)10-15-4-6-19-7-5-15)24-11-16(20)17(23)22-8-2-3-9-22/h4-7,16H,2-3,8-14H2,1H3/t16-/m1/s1. The number of rotatable bonds is 3. The molecule has 1 atom stereocenters. The van der Waals surface area contributed by atoms with Crippen LogP contribution in [-0.4, -0.2) is 83.6 Å². The summed E-state index contributed by atoms with van der Waals surface area (Å²) in [5.74, 6) is 0.248. The summed E-state index contributed by atoms with van der Waals surface area (Å²) in [5.41, 5.74) is 1.19. The van der Waals surface area contributed by atoms with Crippen LogP contribution in [0.5, 0.6) is 0 Å². The summed E-state index contributed by atoms with van der Waals surface area (Å²) in [4.78, 5) is 23.3. The van der Waals surface area contributed by atoms with Gasteiger partial charge in [-0.05, 0) is 37.6 Å². The maximum absolute atomic E-state index is 12.6. The maximum Gasteiger partial charge on any atom is 0.242 e. The first kappa shape index (κ1) is 16.0. The molecule has 0 aromatic carbocycles. The van der Waals surface area contributed by atoms with Crippen LogP contribution in [0.4, 0.5) is 0 Å². The smallest absolute Gasteiger partial charge is 0.242 e. The number of amides is 1. The molecule has 3 fully saturated rings. The monoisotopic (exact) mass is 330 g/mol. The van der Waals surface area contributed by atoms with Crippen molar-refractivity contribution in [2.75, 3.05) is 46.4 Å². The van der Waals surface area contributed by atoms with Crippen LogP contribution in [0.3, 0.4) is 0 Å². The second-order valence-electron chi connectivity index (χ2n) is 7.46. The quantitative estimate of drug-likeness (QED) is 0.812. The molecular formula is C18H26N4O2. The molecule has 6 heteroatoms. The van der Waals surface area contributed by atoms with Gasteiger partial charge in [-0.15, -0.1) is 0 Å². The van der Waals surface area contributed by atoms with Gasteiger partial charge >= 0.3 is 0 Å².